The number of likely N-dealkylation sites (N-methyl/N-ethyl adjacent to an activating group) is 1. The number of hydrogen-bond acceptors (Lipinski definition) is 9. The number of benzene rings is 2. The quantitative estimate of drug-likeness (QED) is 0.330. The molecule has 46 heavy (non-hydrogen) atoms. The smallest absolute Gasteiger partial charge is 0.261 e. The maximum atomic E-state index is 14.3. The van der Waals surface area contributed by atoms with Crippen LogP contribution < -0.4 is 9.46 Å². The molecule has 11 nitrogen and oxygen atoms in total. The van der Waals surface area contributed by atoms with Crippen LogP contribution in [0.4, 0.5) is 5.69 Å². The Kier molecular flexibility index (Phi) is 12.2. The third-order valence-corrected chi connectivity index (χ3v) is 12.5. The van der Waals surface area contributed by atoms with Gasteiger partial charge in [-0.25, -0.2) is 16.8 Å². The van der Waals surface area contributed by atoms with Crippen LogP contribution in [0, 0.1) is 5.92 Å². The molecule has 1 aliphatic heterocycles. The number of sulfonamides is 2. The topological polar surface area (TPSA) is 143 Å². The fraction of sp³-hybridized carbons (Fsp3) is 0.469. The van der Waals surface area contributed by atoms with Crippen LogP contribution in [-0.2, 0) is 24.8 Å². The number of aliphatic hydroxyl groups excluding tert-OH is 1. The summed E-state index contributed by atoms with van der Waals surface area (Å²) in [7, 11) is -6.15. The molecule has 3 aromatic rings. The molecule has 1 amide bonds. The highest BCUT2D eigenvalue weighted by molar-refractivity contribution is 7.92. The number of nitrogens with one attached hydrogen (secondary N) is 1. The predicted molar refractivity (Wildman–Crippen MR) is 178 cm³/mol. The van der Waals surface area contributed by atoms with E-state index in [2.05, 4.69) is 4.72 Å². The van der Waals surface area contributed by atoms with Gasteiger partial charge in [-0.3, -0.25) is 9.52 Å². The lowest BCUT2D eigenvalue weighted by Gasteiger charge is -2.35. The van der Waals surface area contributed by atoms with Gasteiger partial charge in [-0.15, -0.1) is 11.3 Å². The van der Waals surface area contributed by atoms with Crippen molar-refractivity contribution in [2.75, 3.05) is 38.1 Å². The van der Waals surface area contributed by atoms with E-state index in [4.69, 9.17) is 9.47 Å². The van der Waals surface area contributed by atoms with E-state index in [9.17, 15) is 26.7 Å². The lowest BCUT2D eigenvalue weighted by atomic mass is 10.0. The third-order valence-electron chi connectivity index (χ3n) is 7.95. The molecule has 252 valence electrons. The molecule has 0 unspecified atom stereocenters. The van der Waals surface area contributed by atoms with Crippen molar-refractivity contribution >= 4 is 43.0 Å². The lowest BCUT2D eigenvalue weighted by Crippen LogP contribution is -2.48. The molecule has 0 fully saturated rings. The number of ether oxygens (including phenoxy) is 2. The van der Waals surface area contributed by atoms with Crippen LogP contribution in [0.1, 0.15) is 50.4 Å². The number of aliphatic hydroxyl groups is 1. The summed E-state index contributed by atoms with van der Waals surface area (Å²) < 4.78 is 69.2. The second kappa shape index (κ2) is 15.7. The van der Waals surface area contributed by atoms with Crippen LogP contribution in [0.25, 0.3) is 0 Å². The fourth-order valence-electron chi connectivity index (χ4n) is 5.18. The maximum absolute atomic E-state index is 14.3. The summed E-state index contributed by atoms with van der Waals surface area (Å²) in [6.45, 7) is 5.77. The Bertz CT molecular complexity index is 1650. The van der Waals surface area contributed by atoms with Gasteiger partial charge in [0.2, 0.25) is 0 Å². The number of carbonyl (C=O) groups excluding carboxylic acids is 1. The predicted octanol–water partition coefficient (Wildman–Crippen LogP) is 4.67. The molecular weight excluding hydrogens is 651 g/mol. The van der Waals surface area contributed by atoms with Gasteiger partial charge < -0.3 is 19.5 Å². The zero-order chi connectivity index (χ0) is 33.5. The lowest BCUT2D eigenvalue weighted by molar-refractivity contribution is -0.00832. The Morgan fingerprint density at radius 2 is 1.80 bits per heavy atom. The maximum Gasteiger partial charge on any atom is 0.261 e. The largest absolute Gasteiger partial charge is 0.490 e. The zero-order valence-electron chi connectivity index (χ0n) is 26.5. The van der Waals surface area contributed by atoms with Crippen molar-refractivity contribution in [3.63, 3.8) is 0 Å². The molecule has 2 aromatic carbocycles. The Hall–Kier alpha value is -3.01. The number of hydrogen-bond donors (Lipinski definition) is 2. The molecular formula is C32H43N3O8S3. The van der Waals surface area contributed by atoms with Crippen LogP contribution in [0.15, 0.2) is 75.1 Å². The van der Waals surface area contributed by atoms with Gasteiger partial charge in [0.15, 0.2) is 0 Å². The van der Waals surface area contributed by atoms with E-state index in [1.54, 1.807) is 54.8 Å². The number of thiophene rings is 1. The summed E-state index contributed by atoms with van der Waals surface area (Å²) in [6, 6.07) is 15.1. The van der Waals surface area contributed by atoms with E-state index >= 15 is 0 Å². The molecule has 2 heterocycles. The number of fused-ring (bicyclic) bond motifs is 1. The minimum atomic E-state index is -3.93. The molecule has 4 rings (SSSR count). The van der Waals surface area contributed by atoms with Crippen molar-refractivity contribution in [2.24, 2.45) is 5.92 Å². The Balaban J connectivity index is 1.68. The summed E-state index contributed by atoms with van der Waals surface area (Å²) in [5.41, 5.74) is 0.319. The van der Waals surface area contributed by atoms with Crippen molar-refractivity contribution in [2.45, 2.75) is 67.4 Å². The summed E-state index contributed by atoms with van der Waals surface area (Å²) >= 11 is 1.14. The second-order valence-electron chi connectivity index (χ2n) is 11.6. The minimum Gasteiger partial charge on any atom is -0.490 e. The Morgan fingerprint density at radius 3 is 2.48 bits per heavy atom. The molecule has 14 heteroatoms. The van der Waals surface area contributed by atoms with Gasteiger partial charge in [0.25, 0.3) is 26.0 Å². The monoisotopic (exact) mass is 693 g/mol. The van der Waals surface area contributed by atoms with Crippen molar-refractivity contribution in [3.8, 4) is 5.75 Å². The highest BCUT2D eigenvalue weighted by Gasteiger charge is 2.33. The van der Waals surface area contributed by atoms with E-state index in [1.165, 1.54) is 34.5 Å². The summed E-state index contributed by atoms with van der Waals surface area (Å²) in [6.07, 6.45) is 1.35. The highest BCUT2D eigenvalue weighted by Crippen LogP contribution is 2.30. The van der Waals surface area contributed by atoms with E-state index in [0.29, 0.717) is 18.8 Å². The molecule has 1 aliphatic rings. The van der Waals surface area contributed by atoms with Crippen LogP contribution in [-0.4, -0.2) is 88.7 Å². The first-order chi connectivity index (χ1) is 21.8. The van der Waals surface area contributed by atoms with E-state index < -0.39 is 38.1 Å². The van der Waals surface area contributed by atoms with Crippen molar-refractivity contribution in [1.29, 1.82) is 0 Å². The molecule has 0 radical (unpaired) electrons. The average molecular weight is 694 g/mol. The van der Waals surface area contributed by atoms with Crippen LogP contribution in [0.5, 0.6) is 5.75 Å². The van der Waals surface area contributed by atoms with Gasteiger partial charge >= 0.3 is 0 Å². The molecule has 0 spiro atoms. The van der Waals surface area contributed by atoms with Gasteiger partial charge in [-0.05, 0) is 74.9 Å². The van der Waals surface area contributed by atoms with Crippen molar-refractivity contribution in [3.05, 3.63) is 71.6 Å². The molecule has 2 N–H and O–H groups in total. The van der Waals surface area contributed by atoms with E-state index in [0.717, 1.165) is 24.2 Å². The summed E-state index contributed by atoms with van der Waals surface area (Å²) in [5, 5.41) is 11.9. The van der Waals surface area contributed by atoms with Gasteiger partial charge in [0.05, 0.1) is 35.3 Å². The first-order valence-electron chi connectivity index (χ1n) is 15.2. The van der Waals surface area contributed by atoms with Gasteiger partial charge in [0, 0.05) is 38.3 Å². The van der Waals surface area contributed by atoms with Gasteiger partial charge in [0.1, 0.15) is 9.96 Å². The third kappa shape index (κ3) is 8.87. The number of amides is 1. The number of nitrogens with zero attached hydrogens (tertiary/aromatic N) is 2. The van der Waals surface area contributed by atoms with E-state index in [1.807, 2.05) is 13.8 Å². The standard InChI is InChI=1S/C32H43N3O8S3/c1-23-20-35(24(2)22-36)32(37)28-19-26(33-45(38,39)27-12-6-5-7-13-27)15-16-29(28)43-25(3)11-8-9-17-42-30(23)21-34(4)46(40,41)31-14-10-18-44-31/h5-7,10,12-16,18-19,23-25,30,33,36H,8-9,11,17,20-22H2,1-4H3/t23-,24-,25-,30+/m0/s1. The normalized spacial score (nSPS) is 21.2. The molecule has 0 aliphatic carbocycles. The zero-order valence-corrected chi connectivity index (χ0v) is 29.0. The number of rotatable bonds is 9. The first kappa shape index (κ1) is 35.8. The van der Waals surface area contributed by atoms with Crippen LogP contribution >= 0.6 is 11.3 Å². The minimum absolute atomic E-state index is 0.0679. The fourth-order valence-corrected chi connectivity index (χ4v) is 8.63. The van der Waals surface area contributed by atoms with Gasteiger partial charge in [-0.1, -0.05) is 31.2 Å². The van der Waals surface area contributed by atoms with Crippen LogP contribution in [0.3, 0.4) is 0 Å². The first-order valence-corrected chi connectivity index (χ1v) is 19.1. The van der Waals surface area contributed by atoms with Gasteiger partial charge in [-0.2, -0.15) is 4.31 Å². The molecule has 4 atom stereocenters. The Morgan fingerprint density at radius 1 is 1.07 bits per heavy atom. The van der Waals surface area contributed by atoms with E-state index in [-0.39, 0.29) is 52.1 Å². The number of anilines is 1. The van der Waals surface area contributed by atoms with Crippen molar-refractivity contribution in [1.82, 2.24) is 9.21 Å². The van der Waals surface area contributed by atoms with Crippen molar-refractivity contribution < 1.29 is 36.2 Å². The number of carbonyl (C=O) groups is 1. The second-order valence-corrected chi connectivity index (χ2v) is 16.5. The Labute approximate surface area is 276 Å². The molecule has 0 bridgehead atoms. The van der Waals surface area contributed by atoms with Crippen LogP contribution in [0.2, 0.25) is 0 Å². The highest BCUT2D eigenvalue weighted by atomic mass is 32.2. The SMILES string of the molecule is C[C@H]1CCCCO[C@H](CN(C)S(=O)(=O)c2cccs2)[C@@H](C)CN([C@@H](C)CO)C(=O)c2cc(NS(=O)(=O)c3ccccc3)ccc2O1. The summed E-state index contributed by atoms with van der Waals surface area (Å²) in [4.78, 5) is 15.9. The molecule has 1 aromatic heterocycles. The average Bonchev–Trinajstić information content (AvgIpc) is 3.59. The molecule has 0 saturated heterocycles. The molecule has 0 saturated carbocycles. The summed E-state index contributed by atoms with van der Waals surface area (Å²) in [5.74, 6) is -0.508.